The Bertz CT molecular complexity index is 849. The maximum Gasteiger partial charge on any atom is 0.252 e. The van der Waals surface area contributed by atoms with Gasteiger partial charge in [-0.15, -0.1) is 0 Å². The molecule has 0 bridgehead atoms. The first kappa shape index (κ1) is 18.0. The average molecular weight is 361 g/mol. The number of aromatic nitrogens is 2. The summed E-state index contributed by atoms with van der Waals surface area (Å²) < 4.78 is 18.7. The van der Waals surface area contributed by atoms with Gasteiger partial charge in [-0.25, -0.2) is 9.37 Å². The highest BCUT2D eigenvalue weighted by Crippen LogP contribution is 2.15. The third-order valence-corrected chi connectivity index (χ3v) is 3.99. The molecule has 8 nitrogen and oxygen atoms in total. The number of carbonyl (C=O) groups is 1. The SMILES string of the molecule is NCc1cc(NC(=O)Cc2nc(N3CCOCC3)cc(=O)[nH]2)ccc1F. The fraction of sp³-hybridized carbons (Fsp3) is 0.353. The molecule has 1 amide bonds. The standard InChI is InChI=1S/C17H20FN5O3/c18-13-2-1-12(7-11(13)10-19)20-16(24)8-14-21-15(9-17(25)22-14)23-3-5-26-6-4-23/h1-2,7,9H,3-6,8,10,19H2,(H,20,24)(H,21,22,25). The highest BCUT2D eigenvalue weighted by molar-refractivity contribution is 5.91. The number of aromatic amines is 1. The van der Waals surface area contributed by atoms with E-state index < -0.39 is 5.82 Å². The van der Waals surface area contributed by atoms with Gasteiger partial charge < -0.3 is 25.7 Å². The fourth-order valence-electron chi connectivity index (χ4n) is 2.70. The van der Waals surface area contributed by atoms with Crippen LogP contribution in [-0.4, -0.2) is 42.2 Å². The van der Waals surface area contributed by atoms with Crippen LogP contribution in [0.15, 0.2) is 29.1 Å². The minimum absolute atomic E-state index is 0.0337. The smallest absolute Gasteiger partial charge is 0.252 e. The maximum atomic E-state index is 13.5. The van der Waals surface area contributed by atoms with E-state index in [0.717, 1.165) is 0 Å². The molecule has 1 aliphatic rings. The van der Waals surface area contributed by atoms with E-state index in [1.165, 1.54) is 24.3 Å². The van der Waals surface area contributed by atoms with Gasteiger partial charge in [-0.3, -0.25) is 9.59 Å². The largest absolute Gasteiger partial charge is 0.378 e. The Morgan fingerprint density at radius 3 is 2.85 bits per heavy atom. The lowest BCUT2D eigenvalue weighted by Crippen LogP contribution is -2.37. The number of H-pyrrole nitrogens is 1. The van der Waals surface area contributed by atoms with Crippen molar-refractivity contribution < 1.29 is 13.9 Å². The number of ether oxygens (including phenoxy) is 1. The Balaban J connectivity index is 1.71. The number of benzene rings is 1. The number of carbonyl (C=O) groups excluding carboxylic acids is 1. The van der Waals surface area contributed by atoms with Crippen molar-refractivity contribution >= 4 is 17.4 Å². The topological polar surface area (TPSA) is 113 Å². The molecule has 138 valence electrons. The second-order valence-electron chi connectivity index (χ2n) is 5.88. The Morgan fingerprint density at radius 1 is 1.35 bits per heavy atom. The van der Waals surface area contributed by atoms with Crippen molar-refractivity contribution in [3.63, 3.8) is 0 Å². The van der Waals surface area contributed by atoms with Crippen LogP contribution in [0, 0.1) is 5.82 Å². The zero-order chi connectivity index (χ0) is 18.5. The first-order valence-electron chi connectivity index (χ1n) is 8.26. The van der Waals surface area contributed by atoms with E-state index in [-0.39, 0.29) is 30.3 Å². The van der Waals surface area contributed by atoms with Crippen LogP contribution in [-0.2, 0) is 22.5 Å². The van der Waals surface area contributed by atoms with Crippen LogP contribution in [0.1, 0.15) is 11.4 Å². The van der Waals surface area contributed by atoms with Gasteiger partial charge in [0.1, 0.15) is 17.5 Å². The van der Waals surface area contributed by atoms with E-state index in [4.69, 9.17) is 10.5 Å². The number of hydrogen-bond donors (Lipinski definition) is 3. The molecule has 26 heavy (non-hydrogen) atoms. The lowest BCUT2D eigenvalue weighted by Gasteiger charge is -2.27. The molecule has 0 spiro atoms. The molecular formula is C17H20FN5O3. The molecule has 0 unspecified atom stereocenters. The van der Waals surface area contributed by atoms with E-state index in [1.807, 2.05) is 4.90 Å². The summed E-state index contributed by atoms with van der Waals surface area (Å²) in [4.78, 5) is 33.0. The van der Waals surface area contributed by atoms with Gasteiger partial charge in [0.15, 0.2) is 0 Å². The van der Waals surface area contributed by atoms with Crippen molar-refractivity contribution in [2.45, 2.75) is 13.0 Å². The highest BCUT2D eigenvalue weighted by atomic mass is 19.1. The van der Waals surface area contributed by atoms with Crippen LogP contribution in [0.3, 0.4) is 0 Å². The predicted octanol–water partition coefficient (Wildman–Crippen LogP) is 0.386. The Hall–Kier alpha value is -2.78. The van der Waals surface area contributed by atoms with Crippen molar-refractivity contribution in [1.82, 2.24) is 9.97 Å². The summed E-state index contributed by atoms with van der Waals surface area (Å²) in [6.07, 6.45) is -0.108. The number of anilines is 2. The third kappa shape index (κ3) is 4.44. The normalized spacial score (nSPS) is 14.3. The number of morpholine rings is 1. The third-order valence-electron chi connectivity index (χ3n) is 3.99. The first-order chi connectivity index (χ1) is 12.5. The zero-order valence-electron chi connectivity index (χ0n) is 14.1. The van der Waals surface area contributed by atoms with Gasteiger partial charge in [0.05, 0.1) is 19.6 Å². The summed E-state index contributed by atoms with van der Waals surface area (Å²) in [5.41, 5.74) is 5.88. The van der Waals surface area contributed by atoms with Crippen molar-refractivity contribution in [2.24, 2.45) is 5.73 Å². The van der Waals surface area contributed by atoms with Crippen LogP contribution in [0.2, 0.25) is 0 Å². The minimum atomic E-state index is -0.422. The molecule has 1 fully saturated rings. The van der Waals surface area contributed by atoms with Crippen LogP contribution in [0.5, 0.6) is 0 Å². The van der Waals surface area contributed by atoms with E-state index in [9.17, 15) is 14.0 Å². The number of nitrogens with two attached hydrogens (primary N) is 1. The van der Waals surface area contributed by atoms with Gasteiger partial charge in [0.2, 0.25) is 5.91 Å². The Labute approximate surface area is 149 Å². The molecule has 0 saturated carbocycles. The first-order valence-corrected chi connectivity index (χ1v) is 8.26. The average Bonchev–Trinajstić information content (AvgIpc) is 2.63. The van der Waals surface area contributed by atoms with E-state index in [1.54, 1.807) is 0 Å². The van der Waals surface area contributed by atoms with E-state index >= 15 is 0 Å². The number of nitrogens with zero attached hydrogens (tertiary/aromatic N) is 2. The van der Waals surface area contributed by atoms with Crippen molar-refractivity contribution in [3.8, 4) is 0 Å². The molecule has 0 aliphatic carbocycles. The van der Waals surface area contributed by atoms with Gasteiger partial charge in [-0.2, -0.15) is 0 Å². The summed E-state index contributed by atoms with van der Waals surface area (Å²) in [7, 11) is 0. The monoisotopic (exact) mass is 361 g/mol. The number of nitrogens with one attached hydrogen (secondary N) is 2. The summed E-state index contributed by atoms with van der Waals surface area (Å²) in [6.45, 7) is 2.45. The zero-order valence-corrected chi connectivity index (χ0v) is 14.1. The Kier molecular flexibility index (Phi) is 5.59. The molecule has 1 saturated heterocycles. The molecule has 1 aliphatic heterocycles. The van der Waals surface area contributed by atoms with Crippen LogP contribution < -0.4 is 21.5 Å². The van der Waals surface area contributed by atoms with Crippen LogP contribution >= 0.6 is 0 Å². The number of rotatable bonds is 5. The number of amides is 1. The molecule has 2 aromatic rings. The number of halogens is 1. The van der Waals surface area contributed by atoms with Gasteiger partial charge in [0, 0.05) is 37.0 Å². The summed E-state index contributed by atoms with van der Waals surface area (Å²) in [5.74, 6) is -0.0127. The van der Waals surface area contributed by atoms with E-state index in [2.05, 4.69) is 15.3 Å². The molecule has 0 radical (unpaired) electrons. The molecule has 0 atom stereocenters. The lowest BCUT2D eigenvalue weighted by atomic mass is 10.2. The van der Waals surface area contributed by atoms with Gasteiger partial charge in [-0.05, 0) is 18.2 Å². The van der Waals surface area contributed by atoms with Crippen molar-refractivity contribution in [3.05, 3.63) is 51.8 Å². The van der Waals surface area contributed by atoms with Gasteiger partial charge in [0.25, 0.3) is 5.56 Å². The van der Waals surface area contributed by atoms with Gasteiger partial charge in [-0.1, -0.05) is 0 Å². The molecule has 9 heteroatoms. The fourth-order valence-corrected chi connectivity index (χ4v) is 2.70. The van der Waals surface area contributed by atoms with Crippen molar-refractivity contribution in [1.29, 1.82) is 0 Å². The van der Waals surface area contributed by atoms with Crippen molar-refractivity contribution in [2.75, 3.05) is 36.5 Å². The predicted molar refractivity (Wildman–Crippen MR) is 94.5 cm³/mol. The second-order valence-corrected chi connectivity index (χ2v) is 5.88. The lowest BCUT2D eigenvalue weighted by molar-refractivity contribution is -0.115. The quantitative estimate of drug-likeness (QED) is 0.710. The van der Waals surface area contributed by atoms with Gasteiger partial charge >= 0.3 is 0 Å². The molecule has 2 heterocycles. The molecular weight excluding hydrogens is 341 g/mol. The summed E-state index contributed by atoms with van der Waals surface area (Å²) in [5, 5.41) is 2.65. The van der Waals surface area contributed by atoms with Crippen LogP contribution in [0.4, 0.5) is 15.9 Å². The van der Waals surface area contributed by atoms with E-state index in [0.29, 0.717) is 43.4 Å². The summed E-state index contributed by atoms with van der Waals surface area (Å²) >= 11 is 0. The molecule has 4 N–H and O–H groups in total. The highest BCUT2D eigenvalue weighted by Gasteiger charge is 2.15. The molecule has 3 rings (SSSR count). The molecule has 1 aromatic heterocycles. The minimum Gasteiger partial charge on any atom is -0.378 e. The second kappa shape index (κ2) is 8.07. The maximum absolute atomic E-state index is 13.5. The summed E-state index contributed by atoms with van der Waals surface area (Å²) in [6, 6.07) is 5.58. The Morgan fingerprint density at radius 2 is 2.12 bits per heavy atom. The van der Waals surface area contributed by atoms with Crippen LogP contribution in [0.25, 0.3) is 0 Å². The molecule has 1 aromatic carbocycles. The number of hydrogen-bond acceptors (Lipinski definition) is 6.